The number of carbonyl (C=O) groups is 1. The molecule has 0 amide bonds. The minimum absolute atomic E-state index is 0. The van der Waals surface area contributed by atoms with Gasteiger partial charge in [-0.15, -0.1) is 12.4 Å². The predicted molar refractivity (Wildman–Crippen MR) is 63.3 cm³/mol. The molecule has 2 unspecified atom stereocenters. The van der Waals surface area contributed by atoms with Gasteiger partial charge < -0.3 is 15.6 Å². The molecule has 0 fully saturated rings. The lowest BCUT2D eigenvalue weighted by Gasteiger charge is -2.14. The lowest BCUT2D eigenvalue weighted by molar-refractivity contribution is -0.142. The fourth-order valence-corrected chi connectivity index (χ4v) is 1.30. The number of methoxy groups -OCH3 is 1. The number of halogens is 1. The molecule has 1 rings (SSSR count). The van der Waals surface area contributed by atoms with Crippen LogP contribution >= 0.6 is 12.4 Å². The molecule has 1 aromatic carbocycles. The third-order valence-corrected chi connectivity index (χ3v) is 2.17. The Kier molecular flexibility index (Phi) is 6.72. The lowest BCUT2D eigenvalue weighted by Crippen LogP contribution is -2.33. The summed E-state index contributed by atoms with van der Waals surface area (Å²) in [4.78, 5) is 11.0. The molecule has 0 spiro atoms. The fraction of sp³-hybridized carbons (Fsp3) is 0.364. The molecule has 0 heterocycles. The van der Waals surface area contributed by atoms with Gasteiger partial charge in [0.1, 0.15) is 6.04 Å². The lowest BCUT2D eigenvalue weighted by atomic mass is 10.0. The number of benzene rings is 1. The second-order valence-electron chi connectivity index (χ2n) is 3.29. The van der Waals surface area contributed by atoms with Gasteiger partial charge in [-0.1, -0.05) is 30.3 Å². The molecule has 0 aliphatic rings. The Bertz CT molecular complexity index is 318. The Morgan fingerprint density at radius 1 is 1.44 bits per heavy atom. The topological polar surface area (TPSA) is 72.5 Å². The highest BCUT2D eigenvalue weighted by Gasteiger charge is 2.19. The van der Waals surface area contributed by atoms with Gasteiger partial charge in [-0.25, -0.2) is 0 Å². The van der Waals surface area contributed by atoms with Crippen LogP contribution in [0.3, 0.4) is 0 Å². The highest BCUT2D eigenvalue weighted by atomic mass is 35.5. The zero-order chi connectivity index (χ0) is 11.3. The van der Waals surface area contributed by atoms with Crippen LogP contribution in [0, 0.1) is 0 Å². The quantitative estimate of drug-likeness (QED) is 0.778. The number of hydrogen-bond donors (Lipinski definition) is 2. The van der Waals surface area contributed by atoms with Crippen molar-refractivity contribution in [1.82, 2.24) is 0 Å². The van der Waals surface area contributed by atoms with Gasteiger partial charge in [0.15, 0.2) is 0 Å². The second kappa shape index (κ2) is 7.22. The Hall–Kier alpha value is -1.10. The summed E-state index contributed by atoms with van der Waals surface area (Å²) < 4.78 is 4.47. The summed E-state index contributed by atoms with van der Waals surface area (Å²) in [6, 6.07) is 8.29. The summed E-state index contributed by atoms with van der Waals surface area (Å²) in [6.45, 7) is 0. The van der Waals surface area contributed by atoms with Crippen LogP contribution in [0.2, 0.25) is 0 Å². The number of carbonyl (C=O) groups excluding carboxylic acids is 1. The van der Waals surface area contributed by atoms with Crippen molar-refractivity contribution in [2.45, 2.75) is 18.6 Å². The van der Waals surface area contributed by atoms with Crippen LogP contribution in [0.5, 0.6) is 0 Å². The van der Waals surface area contributed by atoms with E-state index >= 15 is 0 Å². The number of esters is 1. The van der Waals surface area contributed by atoms with Crippen LogP contribution in [-0.2, 0) is 9.53 Å². The first kappa shape index (κ1) is 14.9. The SMILES string of the molecule is COC(=O)C(N)CC(O)c1ccccc1.Cl. The van der Waals surface area contributed by atoms with E-state index in [9.17, 15) is 9.90 Å². The van der Waals surface area contributed by atoms with Crippen molar-refractivity contribution >= 4 is 18.4 Å². The molecule has 3 N–H and O–H groups in total. The monoisotopic (exact) mass is 245 g/mol. The van der Waals surface area contributed by atoms with Crippen LogP contribution < -0.4 is 5.73 Å². The molecule has 0 aromatic heterocycles. The summed E-state index contributed by atoms with van der Waals surface area (Å²) >= 11 is 0. The van der Waals surface area contributed by atoms with E-state index in [0.717, 1.165) is 5.56 Å². The molecule has 1 aromatic rings. The number of aliphatic hydroxyl groups excluding tert-OH is 1. The van der Waals surface area contributed by atoms with E-state index in [1.54, 1.807) is 12.1 Å². The van der Waals surface area contributed by atoms with Crippen molar-refractivity contribution in [1.29, 1.82) is 0 Å². The number of nitrogens with two attached hydrogens (primary N) is 1. The maximum absolute atomic E-state index is 11.0. The Morgan fingerprint density at radius 2 is 2.00 bits per heavy atom. The zero-order valence-electron chi connectivity index (χ0n) is 9.00. The molecule has 4 nitrogen and oxygen atoms in total. The molecular formula is C11H16ClNO3. The number of hydrogen-bond acceptors (Lipinski definition) is 4. The van der Waals surface area contributed by atoms with E-state index in [0.29, 0.717) is 0 Å². The smallest absolute Gasteiger partial charge is 0.322 e. The predicted octanol–water partition coefficient (Wildman–Crippen LogP) is 1.03. The highest BCUT2D eigenvalue weighted by Crippen LogP contribution is 2.17. The van der Waals surface area contributed by atoms with E-state index in [1.165, 1.54) is 7.11 Å². The summed E-state index contributed by atoms with van der Waals surface area (Å²) in [5.74, 6) is -0.509. The van der Waals surface area contributed by atoms with E-state index in [2.05, 4.69) is 4.74 Å². The van der Waals surface area contributed by atoms with E-state index in [4.69, 9.17) is 5.73 Å². The molecule has 0 saturated carbocycles. The van der Waals surface area contributed by atoms with Gasteiger partial charge in [0, 0.05) is 6.42 Å². The van der Waals surface area contributed by atoms with Crippen LogP contribution in [-0.4, -0.2) is 24.2 Å². The van der Waals surface area contributed by atoms with Crippen LogP contribution in [0.15, 0.2) is 30.3 Å². The van der Waals surface area contributed by atoms with Gasteiger partial charge in [-0.05, 0) is 5.56 Å². The van der Waals surface area contributed by atoms with Crippen molar-refractivity contribution in [3.8, 4) is 0 Å². The highest BCUT2D eigenvalue weighted by molar-refractivity contribution is 5.85. The first-order chi connectivity index (χ1) is 7.15. The van der Waals surface area contributed by atoms with Gasteiger partial charge in [-0.2, -0.15) is 0 Å². The number of rotatable bonds is 4. The maximum Gasteiger partial charge on any atom is 0.322 e. The van der Waals surface area contributed by atoms with E-state index in [1.807, 2.05) is 18.2 Å². The van der Waals surface area contributed by atoms with E-state index in [-0.39, 0.29) is 18.8 Å². The molecular weight excluding hydrogens is 230 g/mol. The average Bonchev–Trinajstić information content (AvgIpc) is 2.29. The Morgan fingerprint density at radius 3 is 2.50 bits per heavy atom. The molecule has 16 heavy (non-hydrogen) atoms. The second-order valence-corrected chi connectivity index (χ2v) is 3.29. The van der Waals surface area contributed by atoms with Crippen molar-refractivity contribution < 1.29 is 14.6 Å². The summed E-state index contributed by atoms with van der Waals surface area (Å²) in [5.41, 5.74) is 6.28. The summed E-state index contributed by atoms with van der Waals surface area (Å²) in [7, 11) is 1.27. The maximum atomic E-state index is 11.0. The third kappa shape index (κ3) is 4.18. The largest absolute Gasteiger partial charge is 0.468 e. The summed E-state index contributed by atoms with van der Waals surface area (Å²) in [6.07, 6.45) is -0.572. The van der Waals surface area contributed by atoms with Gasteiger partial charge in [0.2, 0.25) is 0 Å². The zero-order valence-corrected chi connectivity index (χ0v) is 9.81. The van der Waals surface area contributed by atoms with Gasteiger partial charge in [0.25, 0.3) is 0 Å². The molecule has 0 aliphatic heterocycles. The average molecular weight is 246 g/mol. The van der Waals surface area contributed by atoms with Crippen molar-refractivity contribution in [2.75, 3.05) is 7.11 Å². The van der Waals surface area contributed by atoms with Gasteiger partial charge >= 0.3 is 5.97 Å². The standard InChI is InChI=1S/C11H15NO3.ClH/c1-15-11(14)9(12)7-10(13)8-5-3-2-4-6-8;/h2-6,9-10,13H,7,12H2,1H3;1H. The van der Waals surface area contributed by atoms with E-state index < -0.39 is 18.1 Å². The van der Waals surface area contributed by atoms with Gasteiger partial charge in [-0.3, -0.25) is 4.79 Å². The molecule has 0 saturated heterocycles. The van der Waals surface area contributed by atoms with Crippen molar-refractivity contribution in [2.24, 2.45) is 5.73 Å². The molecule has 5 heteroatoms. The minimum Gasteiger partial charge on any atom is -0.468 e. The van der Waals surface area contributed by atoms with Crippen LogP contribution in [0.1, 0.15) is 18.1 Å². The molecule has 0 radical (unpaired) electrons. The Labute approximate surface area is 101 Å². The van der Waals surface area contributed by atoms with Crippen LogP contribution in [0.4, 0.5) is 0 Å². The molecule has 0 bridgehead atoms. The first-order valence-electron chi connectivity index (χ1n) is 4.71. The molecule has 2 atom stereocenters. The molecule has 90 valence electrons. The Balaban J connectivity index is 0.00000225. The van der Waals surface area contributed by atoms with Crippen molar-refractivity contribution in [3.63, 3.8) is 0 Å². The normalized spacial score (nSPS) is 13.4. The number of ether oxygens (including phenoxy) is 1. The van der Waals surface area contributed by atoms with Crippen LogP contribution in [0.25, 0.3) is 0 Å². The first-order valence-corrected chi connectivity index (χ1v) is 4.71. The van der Waals surface area contributed by atoms with Crippen molar-refractivity contribution in [3.05, 3.63) is 35.9 Å². The minimum atomic E-state index is -0.787. The molecule has 0 aliphatic carbocycles. The van der Waals surface area contributed by atoms with Gasteiger partial charge in [0.05, 0.1) is 13.2 Å². The number of aliphatic hydroxyl groups is 1. The third-order valence-electron chi connectivity index (χ3n) is 2.17. The fourth-order valence-electron chi connectivity index (χ4n) is 1.30. The summed E-state index contributed by atoms with van der Waals surface area (Å²) in [5, 5.41) is 9.75.